The zero-order valence-corrected chi connectivity index (χ0v) is 9.82. The van der Waals surface area contributed by atoms with Crippen molar-refractivity contribution in [2.24, 2.45) is 5.73 Å². The van der Waals surface area contributed by atoms with Gasteiger partial charge in [-0.15, -0.1) is 11.3 Å². The second-order valence-electron chi connectivity index (χ2n) is 2.95. The van der Waals surface area contributed by atoms with E-state index in [1.807, 2.05) is 0 Å². The summed E-state index contributed by atoms with van der Waals surface area (Å²) in [6, 6.07) is 1.50. The second kappa shape index (κ2) is 4.63. The van der Waals surface area contributed by atoms with Crippen molar-refractivity contribution in [3.8, 4) is 0 Å². The number of thiophene rings is 1. The Kier molecular flexibility index (Phi) is 3.70. The maximum atomic E-state index is 11.4. The zero-order valence-electron chi connectivity index (χ0n) is 8.19. The van der Waals surface area contributed by atoms with Gasteiger partial charge in [0, 0.05) is 0 Å². The molecule has 0 unspecified atom stereocenters. The number of primary amides is 1. The van der Waals surface area contributed by atoms with E-state index in [1.54, 1.807) is 12.3 Å². The van der Waals surface area contributed by atoms with Crippen LogP contribution >= 0.6 is 11.3 Å². The van der Waals surface area contributed by atoms with Gasteiger partial charge in [0.05, 0.1) is 11.3 Å². The van der Waals surface area contributed by atoms with Gasteiger partial charge in [0.2, 0.25) is 10.0 Å². The smallest absolute Gasteiger partial charge is 0.251 e. The fraction of sp³-hybridized carbons (Fsp3) is 0.375. The SMILES string of the molecule is CCCS(=O)(=O)Nc1sccc1C(N)=O. The molecular weight excluding hydrogens is 236 g/mol. The Morgan fingerprint density at radius 3 is 2.80 bits per heavy atom. The first-order valence-corrected chi connectivity index (χ1v) is 6.87. The summed E-state index contributed by atoms with van der Waals surface area (Å²) in [4.78, 5) is 10.9. The third-order valence-electron chi connectivity index (χ3n) is 1.65. The van der Waals surface area contributed by atoms with E-state index in [0.29, 0.717) is 6.42 Å². The maximum absolute atomic E-state index is 11.4. The van der Waals surface area contributed by atoms with Crippen LogP contribution in [0.5, 0.6) is 0 Å². The van der Waals surface area contributed by atoms with Gasteiger partial charge in [-0.2, -0.15) is 0 Å². The molecule has 1 rings (SSSR count). The molecule has 5 nitrogen and oxygen atoms in total. The van der Waals surface area contributed by atoms with Crippen LogP contribution in [-0.2, 0) is 10.0 Å². The normalized spacial score (nSPS) is 11.3. The van der Waals surface area contributed by atoms with E-state index in [-0.39, 0.29) is 16.3 Å². The molecular formula is C8H12N2O3S2. The summed E-state index contributed by atoms with van der Waals surface area (Å²) >= 11 is 1.14. The van der Waals surface area contributed by atoms with Crippen LogP contribution < -0.4 is 10.5 Å². The fourth-order valence-electron chi connectivity index (χ4n) is 1.04. The summed E-state index contributed by atoms with van der Waals surface area (Å²) in [5, 5.41) is 1.90. The van der Waals surface area contributed by atoms with E-state index < -0.39 is 15.9 Å². The van der Waals surface area contributed by atoms with Crippen molar-refractivity contribution in [1.29, 1.82) is 0 Å². The van der Waals surface area contributed by atoms with Crippen molar-refractivity contribution in [3.05, 3.63) is 17.0 Å². The van der Waals surface area contributed by atoms with Gasteiger partial charge in [0.1, 0.15) is 5.00 Å². The predicted molar refractivity (Wildman–Crippen MR) is 60.5 cm³/mol. The highest BCUT2D eigenvalue weighted by atomic mass is 32.2. The van der Waals surface area contributed by atoms with E-state index in [4.69, 9.17) is 5.73 Å². The summed E-state index contributed by atoms with van der Waals surface area (Å²) in [6.45, 7) is 1.77. The number of hydrogen-bond donors (Lipinski definition) is 2. The van der Waals surface area contributed by atoms with Crippen LogP contribution in [0.4, 0.5) is 5.00 Å². The first-order chi connectivity index (χ1) is 6.96. The molecule has 1 heterocycles. The van der Waals surface area contributed by atoms with Crippen molar-refractivity contribution in [2.75, 3.05) is 10.5 Å². The fourth-order valence-corrected chi connectivity index (χ4v) is 3.28. The Hall–Kier alpha value is -1.08. The van der Waals surface area contributed by atoms with Crippen molar-refractivity contribution >= 4 is 32.3 Å². The molecule has 0 fully saturated rings. The van der Waals surface area contributed by atoms with Gasteiger partial charge in [0.25, 0.3) is 5.91 Å². The van der Waals surface area contributed by atoms with Crippen LogP contribution in [0.3, 0.4) is 0 Å². The number of anilines is 1. The molecule has 0 aliphatic heterocycles. The first kappa shape index (κ1) is 12.0. The maximum Gasteiger partial charge on any atom is 0.251 e. The minimum Gasteiger partial charge on any atom is -0.366 e. The zero-order chi connectivity index (χ0) is 11.5. The Balaban J connectivity index is 2.90. The number of carbonyl (C=O) groups is 1. The molecule has 84 valence electrons. The van der Waals surface area contributed by atoms with Crippen LogP contribution in [0.2, 0.25) is 0 Å². The number of nitrogens with two attached hydrogens (primary N) is 1. The highest BCUT2D eigenvalue weighted by molar-refractivity contribution is 7.92. The van der Waals surface area contributed by atoms with Crippen molar-refractivity contribution in [2.45, 2.75) is 13.3 Å². The Morgan fingerprint density at radius 1 is 1.60 bits per heavy atom. The number of nitrogens with one attached hydrogen (secondary N) is 1. The average molecular weight is 248 g/mol. The minimum absolute atomic E-state index is 0.0309. The Labute approximate surface area is 92.3 Å². The molecule has 1 aromatic rings. The lowest BCUT2D eigenvalue weighted by atomic mass is 10.3. The number of amides is 1. The van der Waals surface area contributed by atoms with E-state index in [1.165, 1.54) is 6.07 Å². The van der Waals surface area contributed by atoms with Gasteiger partial charge < -0.3 is 5.73 Å². The minimum atomic E-state index is -3.36. The number of rotatable bonds is 5. The molecule has 0 aliphatic carbocycles. The number of sulfonamides is 1. The van der Waals surface area contributed by atoms with E-state index in [9.17, 15) is 13.2 Å². The topological polar surface area (TPSA) is 89.3 Å². The monoisotopic (exact) mass is 248 g/mol. The van der Waals surface area contributed by atoms with Gasteiger partial charge in [0.15, 0.2) is 0 Å². The molecule has 1 amide bonds. The summed E-state index contributed by atoms with van der Waals surface area (Å²) < 4.78 is 25.2. The van der Waals surface area contributed by atoms with Gasteiger partial charge in [-0.25, -0.2) is 8.42 Å². The predicted octanol–water partition coefficient (Wildman–Crippen LogP) is 0.999. The van der Waals surface area contributed by atoms with Crippen LogP contribution in [0.15, 0.2) is 11.4 Å². The van der Waals surface area contributed by atoms with Gasteiger partial charge >= 0.3 is 0 Å². The summed E-state index contributed by atoms with van der Waals surface area (Å²) in [5.41, 5.74) is 5.29. The molecule has 3 N–H and O–H groups in total. The largest absolute Gasteiger partial charge is 0.366 e. The lowest BCUT2D eigenvalue weighted by Gasteiger charge is -2.05. The molecule has 0 radical (unpaired) electrons. The lowest BCUT2D eigenvalue weighted by molar-refractivity contribution is 0.100. The molecule has 0 spiro atoms. The lowest BCUT2D eigenvalue weighted by Crippen LogP contribution is -2.18. The van der Waals surface area contributed by atoms with Crippen LogP contribution in [0.25, 0.3) is 0 Å². The third kappa shape index (κ3) is 3.21. The molecule has 15 heavy (non-hydrogen) atoms. The van der Waals surface area contributed by atoms with Crippen LogP contribution in [0.1, 0.15) is 23.7 Å². The molecule has 0 aromatic carbocycles. The standard InChI is InChI=1S/C8H12N2O3S2/c1-2-5-15(12,13)10-8-6(7(9)11)3-4-14-8/h3-4,10H,2,5H2,1H3,(H2,9,11). The molecule has 0 atom stereocenters. The van der Waals surface area contributed by atoms with Gasteiger partial charge in [-0.1, -0.05) is 6.92 Å². The number of carbonyl (C=O) groups excluding carboxylic acids is 1. The summed E-state index contributed by atoms with van der Waals surface area (Å²) in [6.07, 6.45) is 0.520. The molecule has 0 saturated heterocycles. The van der Waals surface area contributed by atoms with E-state index in [0.717, 1.165) is 11.3 Å². The first-order valence-electron chi connectivity index (χ1n) is 4.34. The number of hydrogen-bond acceptors (Lipinski definition) is 4. The van der Waals surface area contributed by atoms with Crippen molar-refractivity contribution in [3.63, 3.8) is 0 Å². The van der Waals surface area contributed by atoms with Crippen LogP contribution in [-0.4, -0.2) is 20.1 Å². The van der Waals surface area contributed by atoms with Gasteiger partial charge in [-0.05, 0) is 17.9 Å². The average Bonchev–Trinajstić information content (AvgIpc) is 2.50. The highest BCUT2D eigenvalue weighted by Crippen LogP contribution is 2.23. The van der Waals surface area contributed by atoms with E-state index >= 15 is 0 Å². The molecule has 0 bridgehead atoms. The van der Waals surface area contributed by atoms with Crippen molar-refractivity contribution < 1.29 is 13.2 Å². The molecule has 0 aliphatic rings. The molecule has 1 aromatic heterocycles. The summed E-state index contributed by atoms with van der Waals surface area (Å²) in [5.74, 6) is -0.603. The van der Waals surface area contributed by atoms with Crippen molar-refractivity contribution in [1.82, 2.24) is 0 Å². The second-order valence-corrected chi connectivity index (χ2v) is 5.71. The summed E-state index contributed by atoms with van der Waals surface area (Å²) in [7, 11) is -3.36. The quantitative estimate of drug-likeness (QED) is 0.814. The van der Waals surface area contributed by atoms with Gasteiger partial charge in [-0.3, -0.25) is 9.52 Å². The Bertz CT molecular complexity index is 450. The van der Waals surface area contributed by atoms with Crippen LogP contribution in [0, 0.1) is 0 Å². The molecule has 7 heteroatoms. The van der Waals surface area contributed by atoms with E-state index in [2.05, 4.69) is 4.72 Å². The third-order valence-corrected chi connectivity index (χ3v) is 4.07. The Morgan fingerprint density at radius 2 is 2.27 bits per heavy atom. The molecule has 0 saturated carbocycles. The highest BCUT2D eigenvalue weighted by Gasteiger charge is 2.15.